The Morgan fingerprint density at radius 1 is 1.38 bits per heavy atom. The van der Waals surface area contributed by atoms with Gasteiger partial charge in [-0.05, 0) is 52.2 Å². The number of carbonyl (C=O) groups is 1. The van der Waals surface area contributed by atoms with Crippen molar-refractivity contribution in [2.45, 2.75) is 45.1 Å². The van der Waals surface area contributed by atoms with Gasteiger partial charge in [-0.15, -0.1) is 0 Å². The lowest BCUT2D eigenvalue weighted by Crippen LogP contribution is -2.40. The molecule has 0 aromatic rings. The Hall–Kier alpha value is -0.610. The molecule has 1 aliphatic heterocycles. The molecule has 0 aromatic heterocycles. The number of nitrogens with zero attached hydrogens (tertiary/aromatic N) is 1. The highest BCUT2D eigenvalue weighted by atomic mass is 16.1. The predicted octanol–water partition coefficient (Wildman–Crippen LogP) is 0.716. The number of hydrogen-bond acceptors (Lipinski definition) is 3. The smallest absolute Gasteiger partial charge is 0.220 e. The molecular formula is C12H25N3O. The number of nitrogens with two attached hydrogens (primary N) is 1. The standard InChI is InChI=1S/C12H25N3O/c1-11(15-8-4-5-9-15)10-14-12(16)6-2-3-7-13/h11H,2-10,13H2,1H3,(H,14,16). The fourth-order valence-electron chi connectivity index (χ4n) is 2.09. The number of nitrogens with one attached hydrogen (secondary N) is 1. The third-order valence-electron chi connectivity index (χ3n) is 3.22. The molecule has 0 bridgehead atoms. The zero-order valence-electron chi connectivity index (χ0n) is 10.4. The van der Waals surface area contributed by atoms with Crippen LogP contribution in [0, 0.1) is 0 Å². The lowest BCUT2D eigenvalue weighted by Gasteiger charge is -2.23. The van der Waals surface area contributed by atoms with Gasteiger partial charge < -0.3 is 11.1 Å². The molecule has 0 spiro atoms. The Kier molecular flexibility index (Phi) is 6.42. The van der Waals surface area contributed by atoms with Gasteiger partial charge >= 0.3 is 0 Å². The first-order chi connectivity index (χ1) is 7.74. The molecule has 0 saturated carbocycles. The number of carbonyl (C=O) groups excluding carboxylic acids is 1. The van der Waals surface area contributed by atoms with E-state index in [2.05, 4.69) is 17.1 Å². The monoisotopic (exact) mass is 227 g/mol. The van der Waals surface area contributed by atoms with E-state index in [0.29, 0.717) is 19.0 Å². The summed E-state index contributed by atoms with van der Waals surface area (Å²) in [4.78, 5) is 13.9. The molecular weight excluding hydrogens is 202 g/mol. The van der Waals surface area contributed by atoms with Crippen LogP contribution >= 0.6 is 0 Å². The van der Waals surface area contributed by atoms with E-state index in [9.17, 15) is 4.79 Å². The van der Waals surface area contributed by atoms with Crippen molar-refractivity contribution in [1.82, 2.24) is 10.2 Å². The van der Waals surface area contributed by atoms with Crippen molar-refractivity contribution in [2.24, 2.45) is 5.73 Å². The van der Waals surface area contributed by atoms with Crippen LogP contribution in [0.2, 0.25) is 0 Å². The zero-order valence-corrected chi connectivity index (χ0v) is 10.4. The first-order valence-electron chi connectivity index (χ1n) is 6.45. The summed E-state index contributed by atoms with van der Waals surface area (Å²) in [5.74, 6) is 0.166. The highest BCUT2D eigenvalue weighted by Crippen LogP contribution is 2.10. The second-order valence-corrected chi connectivity index (χ2v) is 4.64. The predicted molar refractivity (Wildman–Crippen MR) is 66.2 cm³/mol. The average Bonchev–Trinajstić information content (AvgIpc) is 2.79. The van der Waals surface area contributed by atoms with Crippen molar-refractivity contribution in [2.75, 3.05) is 26.2 Å². The molecule has 1 amide bonds. The molecule has 1 saturated heterocycles. The summed E-state index contributed by atoms with van der Waals surface area (Å²) < 4.78 is 0. The highest BCUT2D eigenvalue weighted by Gasteiger charge is 2.17. The van der Waals surface area contributed by atoms with Crippen LogP contribution in [0.25, 0.3) is 0 Å². The zero-order chi connectivity index (χ0) is 11.8. The molecule has 1 rings (SSSR count). The summed E-state index contributed by atoms with van der Waals surface area (Å²) in [6.45, 7) is 6.01. The van der Waals surface area contributed by atoms with Gasteiger partial charge in [0.25, 0.3) is 0 Å². The van der Waals surface area contributed by atoms with Gasteiger partial charge in [0.05, 0.1) is 0 Å². The van der Waals surface area contributed by atoms with Crippen LogP contribution < -0.4 is 11.1 Å². The molecule has 4 heteroatoms. The Bertz CT molecular complexity index is 202. The summed E-state index contributed by atoms with van der Waals surface area (Å²) in [5, 5.41) is 3.00. The number of rotatable bonds is 7. The normalized spacial score (nSPS) is 18.6. The minimum Gasteiger partial charge on any atom is -0.355 e. The summed E-state index contributed by atoms with van der Waals surface area (Å²) >= 11 is 0. The topological polar surface area (TPSA) is 58.4 Å². The average molecular weight is 227 g/mol. The van der Waals surface area contributed by atoms with Crippen molar-refractivity contribution in [3.8, 4) is 0 Å². The van der Waals surface area contributed by atoms with Crippen molar-refractivity contribution < 1.29 is 4.79 Å². The van der Waals surface area contributed by atoms with Gasteiger partial charge in [0.1, 0.15) is 0 Å². The van der Waals surface area contributed by atoms with Crippen LogP contribution in [0.15, 0.2) is 0 Å². The Balaban J connectivity index is 2.06. The van der Waals surface area contributed by atoms with Crippen LogP contribution in [0.1, 0.15) is 39.0 Å². The highest BCUT2D eigenvalue weighted by molar-refractivity contribution is 5.75. The maximum atomic E-state index is 11.5. The second-order valence-electron chi connectivity index (χ2n) is 4.64. The number of likely N-dealkylation sites (tertiary alicyclic amines) is 1. The summed E-state index contributed by atoms with van der Waals surface area (Å²) in [7, 11) is 0. The first-order valence-corrected chi connectivity index (χ1v) is 6.45. The molecule has 0 radical (unpaired) electrons. The van der Waals surface area contributed by atoms with E-state index >= 15 is 0 Å². The lowest BCUT2D eigenvalue weighted by atomic mass is 10.2. The van der Waals surface area contributed by atoms with Crippen LogP contribution in [0.4, 0.5) is 0 Å². The van der Waals surface area contributed by atoms with Gasteiger partial charge in [-0.2, -0.15) is 0 Å². The van der Waals surface area contributed by atoms with Crippen molar-refractivity contribution >= 4 is 5.91 Å². The summed E-state index contributed by atoms with van der Waals surface area (Å²) in [6, 6.07) is 0.473. The van der Waals surface area contributed by atoms with Crippen molar-refractivity contribution in [3.63, 3.8) is 0 Å². The first kappa shape index (κ1) is 13.5. The number of amides is 1. The third kappa shape index (κ3) is 4.94. The largest absolute Gasteiger partial charge is 0.355 e. The van der Waals surface area contributed by atoms with E-state index in [1.165, 1.54) is 25.9 Å². The molecule has 4 nitrogen and oxygen atoms in total. The van der Waals surface area contributed by atoms with Crippen LogP contribution in [-0.2, 0) is 4.79 Å². The molecule has 3 N–H and O–H groups in total. The van der Waals surface area contributed by atoms with E-state index in [1.54, 1.807) is 0 Å². The van der Waals surface area contributed by atoms with Gasteiger partial charge in [-0.1, -0.05) is 0 Å². The van der Waals surface area contributed by atoms with Crippen LogP contribution in [0.3, 0.4) is 0 Å². The van der Waals surface area contributed by atoms with E-state index in [0.717, 1.165) is 19.4 Å². The maximum Gasteiger partial charge on any atom is 0.220 e. The Morgan fingerprint density at radius 3 is 2.69 bits per heavy atom. The molecule has 1 fully saturated rings. The minimum absolute atomic E-state index is 0.166. The molecule has 16 heavy (non-hydrogen) atoms. The van der Waals surface area contributed by atoms with Gasteiger partial charge in [-0.3, -0.25) is 9.69 Å². The van der Waals surface area contributed by atoms with Gasteiger partial charge in [0.2, 0.25) is 5.91 Å². The number of hydrogen-bond donors (Lipinski definition) is 2. The summed E-state index contributed by atoms with van der Waals surface area (Å²) in [6.07, 6.45) is 5.06. The van der Waals surface area contributed by atoms with Crippen molar-refractivity contribution in [3.05, 3.63) is 0 Å². The van der Waals surface area contributed by atoms with Crippen LogP contribution in [-0.4, -0.2) is 43.0 Å². The molecule has 1 aliphatic rings. The quantitative estimate of drug-likeness (QED) is 0.630. The van der Waals surface area contributed by atoms with Crippen LogP contribution in [0.5, 0.6) is 0 Å². The Labute approximate surface area is 98.6 Å². The van der Waals surface area contributed by atoms with E-state index in [4.69, 9.17) is 5.73 Å². The molecule has 0 aliphatic carbocycles. The molecule has 94 valence electrons. The van der Waals surface area contributed by atoms with Crippen molar-refractivity contribution in [1.29, 1.82) is 0 Å². The van der Waals surface area contributed by atoms with Gasteiger partial charge in [0.15, 0.2) is 0 Å². The molecule has 1 unspecified atom stereocenters. The molecule has 1 atom stereocenters. The van der Waals surface area contributed by atoms with E-state index in [-0.39, 0.29) is 5.91 Å². The Morgan fingerprint density at radius 2 is 2.06 bits per heavy atom. The fourth-order valence-corrected chi connectivity index (χ4v) is 2.09. The van der Waals surface area contributed by atoms with E-state index < -0.39 is 0 Å². The lowest BCUT2D eigenvalue weighted by molar-refractivity contribution is -0.121. The third-order valence-corrected chi connectivity index (χ3v) is 3.22. The SMILES string of the molecule is CC(CNC(=O)CCCCN)N1CCCC1. The maximum absolute atomic E-state index is 11.5. The van der Waals surface area contributed by atoms with E-state index in [1.807, 2.05) is 0 Å². The molecule has 1 heterocycles. The second kappa shape index (κ2) is 7.63. The van der Waals surface area contributed by atoms with Gasteiger partial charge in [0, 0.05) is 19.0 Å². The van der Waals surface area contributed by atoms with Gasteiger partial charge in [-0.25, -0.2) is 0 Å². The number of unbranched alkanes of at least 4 members (excludes halogenated alkanes) is 1. The summed E-state index contributed by atoms with van der Waals surface area (Å²) in [5.41, 5.74) is 5.38. The minimum atomic E-state index is 0.166. The molecule has 0 aromatic carbocycles. The fraction of sp³-hybridized carbons (Fsp3) is 0.917.